The summed E-state index contributed by atoms with van der Waals surface area (Å²) in [6.45, 7) is 0.929. The molecule has 1 aliphatic heterocycles. The Morgan fingerprint density at radius 2 is 1.67 bits per heavy atom. The molecular formula is C28H33ClF5N4O6P. The van der Waals surface area contributed by atoms with Gasteiger partial charge in [-0.15, -0.1) is 0 Å². The number of hydrogen-bond acceptors (Lipinski definition) is 6. The highest BCUT2D eigenvalue weighted by molar-refractivity contribution is 7.46. The molecule has 1 saturated heterocycles. The van der Waals surface area contributed by atoms with Gasteiger partial charge < -0.3 is 25.3 Å². The predicted molar refractivity (Wildman–Crippen MR) is 156 cm³/mol. The van der Waals surface area contributed by atoms with Gasteiger partial charge in [0.2, 0.25) is 5.91 Å². The summed E-state index contributed by atoms with van der Waals surface area (Å²) in [5, 5.41) is 5.45. The van der Waals surface area contributed by atoms with Crippen LogP contribution in [0.3, 0.4) is 0 Å². The second-order valence-corrected chi connectivity index (χ2v) is 12.6. The van der Waals surface area contributed by atoms with Gasteiger partial charge in [-0.3, -0.25) is 19.0 Å². The number of piperazine rings is 1. The van der Waals surface area contributed by atoms with Gasteiger partial charge in [0.15, 0.2) is 11.6 Å². The van der Waals surface area contributed by atoms with Gasteiger partial charge in [0, 0.05) is 55.8 Å². The molecule has 0 aromatic heterocycles. The summed E-state index contributed by atoms with van der Waals surface area (Å²) in [5.41, 5.74) is -0.0330. The van der Waals surface area contributed by atoms with Crippen LogP contribution < -0.4 is 15.5 Å². The Kier molecular flexibility index (Phi) is 11.5. The van der Waals surface area contributed by atoms with E-state index >= 15 is 4.39 Å². The van der Waals surface area contributed by atoms with E-state index in [4.69, 9.17) is 21.4 Å². The van der Waals surface area contributed by atoms with Crippen molar-refractivity contribution < 1.29 is 50.4 Å². The summed E-state index contributed by atoms with van der Waals surface area (Å²) in [5.74, 6) is -4.58. The van der Waals surface area contributed by atoms with E-state index in [0.717, 1.165) is 6.07 Å². The van der Waals surface area contributed by atoms with Crippen LogP contribution >= 0.6 is 19.4 Å². The number of halogens is 6. The molecule has 0 bridgehead atoms. The minimum atomic E-state index is -4.64. The summed E-state index contributed by atoms with van der Waals surface area (Å²) >= 11 is 6.16. The first-order valence-electron chi connectivity index (χ1n) is 14.2. The monoisotopic (exact) mass is 682 g/mol. The van der Waals surface area contributed by atoms with Crippen molar-refractivity contribution in [3.05, 3.63) is 58.1 Å². The van der Waals surface area contributed by atoms with E-state index in [1.807, 2.05) is 4.90 Å². The number of amides is 2. The number of nitrogens with one attached hydrogen (secondary N) is 2. The van der Waals surface area contributed by atoms with E-state index in [2.05, 4.69) is 15.2 Å². The number of benzene rings is 2. The van der Waals surface area contributed by atoms with E-state index in [1.165, 1.54) is 18.2 Å². The number of anilines is 2. The molecule has 4 N–H and O–H groups in total. The molecule has 0 atom stereocenters. The van der Waals surface area contributed by atoms with Gasteiger partial charge in [-0.1, -0.05) is 17.7 Å². The maximum absolute atomic E-state index is 15.0. The van der Waals surface area contributed by atoms with Gasteiger partial charge in [-0.2, -0.15) is 13.2 Å². The Morgan fingerprint density at radius 1 is 1.00 bits per heavy atom. The lowest BCUT2D eigenvalue weighted by Gasteiger charge is -2.37. The summed E-state index contributed by atoms with van der Waals surface area (Å²) in [7, 11) is -4.64. The molecule has 0 unspecified atom stereocenters. The van der Waals surface area contributed by atoms with E-state index in [9.17, 15) is 31.7 Å². The van der Waals surface area contributed by atoms with E-state index in [0.29, 0.717) is 49.7 Å². The molecule has 10 nitrogen and oxygen atoms in total. The lowest BCUT2D eigenvalue weighted by Crippen LogP contribution is -2.47. The quantitative estimate of drug-likeness (QED) is 0.198. The van der Waals surface area contributed by atoms with Crippen molar-refractivity contribution in [2.75, 3.05) is 42.9 Å². The van der Waals surface area contributed by atoms with Crippen molar-refractivity contribution in [1.82, 2.24) is 10.2 Å². The molecule has 1 saturated carbocycles. The molecule has 2 aromatic rings. The second kappa shape index (κ2) is 14.7. The lowest BCUT2D eigenvalue weighted by molar-refractivity contribution is -0.138. The Morgan fingerprint density at radius 3 is 2.29 bits per heavy atom. The average Bonchev–Trinajstić information content (AvgIpc) is 2.97. The normalized spacial score (nSPS) is 19.8. The van der Waals surface area contributed by atoms with Gasteiger partial charge in [0.05, 0.1) is 29.5 Å². The number of carbonyl (C=O) groups is 2. The molecule has 2 fully saturated rings. The molecular weight excluding hydrogens is 650 g/mol. The summed E-state index contributed by atoms with van der Waals surface area (Å²) in [6, 6.07) is 6.84. The van der Waals surface area contributed by atoms with Crippen LogP contribution in [0.5, 0.6) is 0 Å². The number of rotatable bonds is 10. The fourth-order valence-electron chi connectivity index (χ4n) is 5.41. The minimum absolute atomic E-state index is 0.126. The van der Waals surface area contributed by atoms with Crippen LogP contribution in [0.25, 0.3) is 0 Å². The van der Waals surface area contributed by atoms with E-state index < -0.39 is 61.5 Å². The molecule has 2 aliphatic rings. The minimum Gasteiger partial charge on any atom is -0.367 e. The van der Waals surface area contributed by atoms with Crippen molar-refractivity contribution >= 4 is 42.6 Å². The highest BCUT2D eigenvalue weighted by Gasteiger charge is 2.31. The molecule has 45 heavy (non-hydrogen) atoms. The van der Waals surface area contributed by atoms with Crippen LogP contribution in [0, 0.1) is 17.6 Å². The van der Waals surface area contributed by atoms with Crippen molar-refractivity contribution in [3.8, 4) is 0 Å². The Labute approximate surface area is 261 Å². The number of nitrogens with zero attached hydrogens (tertiary/aromatic N) is 2. The Balaban J connectivity index is 1.35. The van der Waals surface area contributed by atoms with Crippen LogP contribution in [-0.2, 0) is 20.4 Å². The zero-order valence-electron chi connectivity index (χ0n) is 24.0. The molecule has 2 amide bonds. The van der Waals surface area contributed by atoms with Crippen LogP contribution in [0.15, 0.2) is 30.3 Å². The fourth-order valence-corrected chi connectivity index (χ4v) is 6.18. The number of alkyl halides is 3. The van der Waals surface area contributed by atoms with Crippen molar-refractivity contribution in [1.29, 1.82) is 0 Å². The van der Waals surface area contributed by atoms with Gasteiger partial charge in [-0.25, -0.2) is 13.3 Å². The third kappa shape index (κ3) is 10.1. The van der Waals surface area contributed by atoms with Crippen molar-refractivity contribution in [2.24, 2.45) is 5.92 Å². The number of phosphoric acid groups is 1. The number of carbonyl (C=O) groups excluding carboxylic acids is 2. The summed E-state index contributed by atoms with van der Waals surface area (Å²) in [4.78, 5) is 47.0. The largest absolute Gasteiger partial charge is 0.469 e. The smallest absolute Gasteiger partial charge is 0.367 e. The highest BCUT2D eigenvalue weighted by atomic mass is 35.5. The van der Waals surface area contributed by atoms with Crippen LogP contribution in [0.4, 0.5) is 33.3 Å². The predicted octanol–water partition coefficient (Wildman–Crippen LogP) is 5.23. The number of hydrogen-bond donors (Lipinski definition) is 4. The van der Waals surface area contributed by atoms with E-state index in [-0.39, 0.29) is 37.2 Å². The molecule has 1 heterocycles. The molecule has 1 aliphatic carbocycles. The zero-order valence-corrected chi connectivity index (χ0v) is 25.6. The van der Waals surface area contributed by atoms with Gasteiger partial charge >= 0.3 is 14.0 Å². The lowest BCUT2D eigenvalue weighted by atomic mass is 9.87. The third-order valence-corrected chi connectivity index (χ3v) is 8.63. The molecule has 2 aromatic carbocycles. The van der Waals surface area contributed by atoms with Gasteiger partial charge in [0.1, 0.15) is 0 Å². The van der Waals surface area contributed by atoms with Crippen LogP contribution in [-0.4, -0.2) is 71.5 Å². The maximum Gasteiger partial charge on any atom is 0.469 e. The van der Waals surface area contributed by atoms with Crippen molar-refractivity contribution in [3.63, 3.8) is 0 Å². The first-order chi connectivity index (χ1) is 21.1. The summed E-state index contributed by atoms with van der Waals surface area (Å²) in [6.07, 6.45) is -4.74. The topological polar surface area (TPSA) is 131 Å². The first kappa shape index (κ1) is 35.1. The molecule has 248 valence electrons. The molecule has 4 rings (SSSR count). The van der Waals surface area contributed by atoms with Crippen molar-refractivity contribution in [2.45, 2.75) is 50.9 Å². The first-order valence-corrected chi connectivity index (χ1v) is 16.1. The average molecular weight is 683 g/mol. The Hall–Kier alpha value is -2.81. The molecule has 17 heteroatoms. The van der Waals surface area contributed by atoms with Crippen LogP contribution in [0.2, 0.25) is 5.02 Å². The second-order valence-electron chi connectivity index (χ2n) is 11.0. The maximum atomic E-state index is 15.0. The SMILES string of the molecule is O=C(Nc1ccc(Cl)cc1N1CCN(CCC(F)(F)F)CC1)c1ccc(CNC(=O)[C@H]2CC[C@H](OP(=O)(O)O)CC2)c(F)c1F. The van der Waals surface area contributed by atoms with Gasteiger partial charge in [-0.05, 0) is 49.9 Å². The Bertz CT molecular complexity index is 1430. The van der Waals surface area contributed by atoms with Gasteiger partial charge in [0.25, 0.3) is 5.91 Å². The summed E-state index contributed by atoms with van der Waals surface area (Å²) < 4.78 is 83.5. The van der Waals surface area contributed by atoms with Crippen LogP contribution in [0.1, 0.15) is 48.0 Å². The fraction of sp³-hybridized carbons (Fsp3) is 0.500. The molecule has 0 spiro atoms. The zero-order chi connectivity index (χ0) is 32.9. The number of phosphoric ester groups is 1. The molecule has 0 radical (unpaired) electrons. The standard InChI is InChI=1S/C28H33ClF5N4O6P/c29-19-4-8-22(23(15-19)38-13-11-37(12-14-38)10-9-28(32,33)34)36-27(40)21-7-3-18(24(30)25(21)31)16-35-26(39)17-1-5-20(6-2-17)44-45(41,42)43/h3-4,7-8,15,17,20H,1-2,5-6,9-14,16H2,(H,35,39)(H,36,40)(H2,41,42,43)/t17-,20-. The highest BCUT2D eigenvalue weighted by Crippen LogP contribution is 2.41. The third-order valence-electron chi connectivity index (χ3n) is 7.82. The van der Waals surface area contributed by atoms with E-state index in [1.54, 1.807) is 11.0 Å².